The fourth-order valence-corrected chi connectivity index (χ4v) is 3.11. The van der Waals surface area contributed by atoms with Gasteiger partial charge in [0.15, 0.2) is 0 Å². The summed E-state index contributed by atoms with van der Waals surface area (Å²) >= 11 is 0. The minimum absolute atomic E-state index is 0.333. The normalized spacial score (nSPS) is 19.0. The van der Waals surface area contributed by atoms with Gasteiger partial charge in [-0.1, -0.05) is 0 Å². The largest absolute Gasteiger partial charge is 0.343 e. The van der Waals surface area contributed by atoms with E-state index in [1.54, 1.807) is 0 Å². The van der Waals surface area contributed by atoms with E-state index in [1.165, 1.54) is 0 Å². The number of likely N-dealkylation sites (tertiary alicyclic amines) is 2. The van der Waals surface area contributed by atoms with E-state index in [4.69, 9.17) is 0 Å². The highest BCUT2D eigenvalue weighted by atomic mass is 16.2. The van der Waals surface area contributed by atoms with Crippen molar-refractivity contribution in [2.24, 2.45) is 0 Å². The lowest BCUT2D eigenvalue weighted by atomic mass is 10.2. The molecule has 2 amide bonds. The van der Waals surface area contributed by atoms with Crippen molar-refractivity contribution in [1.82, 2.24) is 15.1 Å². The number of carbonyl (C=O) groups is 2. The molecule has 0 aromatic rings. The van der Waals surface area contributed by atoms with E-state index in [0.717, 1.165) is 90.6 Å². The summed E-state index contributed by atoms with van der Waals surface area (Å²) in [4.78, 5) is 26.8. The standard InChI is InChI=1S/C16H29N3O2/c20-15-7-5-13-18(15)11-3-1-9-17-10-2-4-12-19-14-6-8-16(19)21/h17H,1-14H2. The predicted molar refractivity (Wildman–Crippen MR) is 83.0 cm³/mol. The zero-order chi connectivity index (χ0) is 14.9. The Bertz CT molecular complexity index is 314. The Balaban J connectivity index is 1.35. The van der Waals surface area contributed by atoms with Crippen LogP contribution in [0.2, 0.25) is 0 Å². The molecular weight excluding hydrogens is 266 g/mol. The fourth-order valence-electron chi connectivity index (χ4n) is 3.11. The number of nitrogens with one attached hydrogen (secondary N) is 1. The Hall–Kier alpha value is -1.10. The molecule has 0 aliphatic carbocycles. The maximum atomic E-state index is 11.4. The molecule has 0 aromatic carbocycles. The summed E-state index contributed by atoms with van der Waals surface area (Å²) in [5.74, 6) is 0.666. The van der Waals surface area contributed by atoms with Gasteiger partial charge < -0.3 is 15.1 Å². The summed E-state index contributed by atoms with van der Waals surface area (Å²) in [6, 6.07) is 0. The molecule has 2 aliphatic rings. The smallest absolute Gasteiger partial charge is 0.222 e. The van der Waals surface area contributed by atoms with Gasteiger partial charge >= 0.3 is 0 Å². The summed E-state index contributed by atoms with van der Waals surface area (Å²) in [7, 11) is 0. The molecule has 5 heteroatoms. The number of carbonyl (C=O) groups excluding carboxylic acids is 2. The minimum Gasteiger partial charge on any atom is -0.343 e. The fraction of sp³-hybridized carbons (Fsp3) is 0.875. The highest BCUT2D eigenvalue weighted by Gasteiger charge is 2.19. The Morgan fingerprint density at radius 3 is 1.62 bits per heavy atom. The van der Waals surface area contributed by atoms with E-state index in [2.05, 4.69) is 5.32 Å². The summed E-state index contributed by atoms with van der Waals surface area (Å²) in [5.41, 5.74) is 0. The molecule has 21 heavy (non-hydrogen) atoms. The third-order valence-corrected chi connectivity index (χ3v) is 4.41. The van der Waals surface area contributed by atoms with Gasteiger partial charge in [-0.2, -0.15) is 0 Å². The second kappa shape index (κ2) is 9.03. The topological polar surface area (TPSA) is 52.7 Å². The maximum absolute atomic E-state index is 11.4. The van der Waals surface area contributed by atoms with Crippen molar-refractivity contribution in [1.29, 1.82) is 0 Å². The molecule has 0 radical (unpaired) electrons. The van der Waals surface area contributed by atoms with E-state index < -0.39 is 0 Å². The summed E-state index contributed by atoms with van der Waals surface area (Å²) in [6.07, 6.45) is 8.04. The molecule has 0 unspecified atom stereocenters. The molecule has 2 rings (SSSR count). The van der Waals surface area contributed by atoms with Crippen LogP contribution in [0.15, 0.2) is 0 Å². The van der Waals surface area contributed by atoms with Crippen molar-refractivity contribution < 1.29 is 9.59 Å². The third-order valence-electron chi connectivity index (χ3n) is 4.41. The molecule has 0 saturated carbocycles. The number of unbranched alkanes of at least 4 members (excludes halogenated alkanes) is 2. The third kappa shape index (κ3) is 5.65. The van der Waals surface area contributed by atoms with Crippen molar-refractivity contribution in [2.75, 3.05) is 39.3 Å². The van der Waals surface area contributed by atoms with E-state index >= 15 is 0 Å². The molecule has 120 valence electrons. The highest BCUT2D eigenvalue weighted by molar-refractivity contribution is 5.78. The Morgan fingerprint density at radius 2 is 1.24 bits per heavy atom. The van der Waals surface area contributed by atoms with Crippen LogP contribution < -0.4 is 5.32 Å². The molecular formula is C16H29N3O2. The van der Waals surface area contributed by atoms with Crippen LogP contribution >= 0.6 is 0 Å². The molecule has 0 bridgehead atoms. The SMILES string of the molecule is O=C1CCCN1CCCCNCCCCN1CCCC1=O. The molecule has 2 saturated heterocycles. The zero-order valence-electron chi connectivity index (χ0n) is 13.1. The average Bonchev–Trinajstić information content (AvgIpc) is 3.06. The van der Waals surface area contributed by atoms with E-state index in [-0.39, 0.29) is 0 Å². The van der Waals surface area contributed by atoms with Gasteiger partial charge in [-0.25, -0.2) is 0 Å². The quantitative estimate of drug-likeness (QED) is 0.620. The summed E-state index contributed by atoms with van der Waals surface area (Å²) in [6.45, 7) is 5.84. The van der Waals surface area contributed by atoms with Crippen LogP contribution in [0.5, 0.6) is 0 Å². The first-order valence-corrected chi connectivity index (χ1v) is 8.53. The van der Waals surface area contributed by atoms with Crippen LogP contribution in [0.3, 0.4) is 0 Å². The average molecular weight is 295 g/mol. The first-order chi connectivity index (χ1) is 10.3. The molecule has 0 atom stereocenters. The maximum Gasteiger partial charge on any atom is 0.222 e. The van der Waals surface area contributed by atoms with Crippen LogP contribution in [-0.4, -0.2) is 60.9 Å². The number of amides is 2. The van der Waals surface area contributed by atoms with Gasteiger partial charge in [0.25, 0.3) is 0 Å². The summed E-state index contributed by atoms with van der Waals surface area (Å²) in [5, 5.41) is 3.45. The summed E-state index contributed by atoms with van der Waals surface area (Å²) < 4.78 is 0. The number of rotatable bonds is 10. The molecule has 2 fully saturated rings. The monoisotopic (exact) mass is 295 g/mol. The number of nitrogens with zero attached hydrogens (tertiary/aromatic N) is 2. The molecule has 1 N–H and O–H groups in total. The van der Waals surface area contributed by atoms with Gasteiger partial charge in [0.05, 0.1) is 0 Å². The van der Waals surface area contributed by atoms with Crippen LogP contribution in [-0.2, 0) is 9.59 Å². The van der Waals surface area contributed by atoms with Crippen molar-refractivity contribution in [3.8, 4) is 0 Å². The number of hydrogen-bond donors (Lipinski definition) is 1. The van der Waals surface area contributed by atoms with Crippen LogP contribution in [0.1, 0.15) is 51.4 Å². The lowest BCUT2D eigenvalue weighted by Gasteiger charge is -2.16. The second-order valence-electron chi connectivity index (χ2n) is 6.13. The van der Waals surface area contributed by atoms with Crippen molar-refractivity contribution in [3.05, 3.63) is 0 Å². The Labute approximate surface area is 128 Å². The Kier molecular flexibility index (Phi) is 7.00. The van der Waals surface area contributed by atoms with E-state index in [9.17, 15) is 9.59 Å². The van der Waals surface area contributed by atoms with Gasteiger partial charge in [0, 0.05) is 39.0 Å². The van der Waals surface area contributed by atoms with Crippen molar-refractivity contribution in [3.63, 3.8) is 0 Å². The molecule has 5 nitrogen and oxygen atoms in total. The lowest BCUT2D eigenvalue weighted by molar-refractivity contribution is -0.128. The van der Waals surface area contributed by atoms with Crippen molar-refractivity contribution in [2.45, 2.75) is 51.4 Å². The van der Waals surface area contributed by atoms with E-state index in [0.29, 0.717) is 11.8 Å². The van der Waals surface area contributed by atoms with Crippen LogP contribution in [0.4, 0.5) is 0 Å². The lowest BCUT2D eigenvalue weighted by Crippen LogP contribution is -2.27. The van der Waals surface area contributed by atoms with Gasteiger partial charge in [0.1, 0.15) is 0 Å². The molecule has 2 heterocycles. The van der Waals surface area contributed by atoms with Gasteiger partial charge in [-0.15, -0.1) is 0 Å². The number of hydrogen-bond acceptors (Lipinski definition) is 3. The first-order valence-electron chi connectivity index (χ1n) is 8.53. The van der Waals surface area contributed by atoms with Crippen LogP contribution in [0.25, 0.3) is 0 Å². The van der Waals surface area contributed by atoms with Gasteiger partial charge in [-0.3, -0.25) is 9.59 Å². The van der Waals surface area contributed by atoms with Crippen molar-refractivity contribution >= 4 is 11.8 Å². The second-order valence-corrected chi connectivity index (χ2v) is 6.13. The highest BCUT2D eigenvalue weighted by Crippen LogP contribution is 2.11. The molecule has 0 aromatic heterocycles. The first kappa shape index (κ1) is 16.3. The van der Waals surface area contributed by atoms with Gasteiger partial charge in [-0.05, 0) is 51.6 Å². The van der Waals surface area contributed by atoms with Gasteiger partial charge in [0.2, 0.25) is 11.8 Å². The molecule has 2 aliphatic heterocycles. The molecule has 0 spiro atoms. The zero-order valence-corrected chi connectivity index (χ0v) is 13.1. The van der Waals surface area contributed by atoms with Crippen LogP contribution in [0, 0.1) is 0 Å². The van der Waals surface area contributed by atoms with E-state index in [1.807, 2.05) is 9.80 Å². The Morgan fingerprint density at radius 1 is 0.762 bits per heavy atom. The minimum atomic E-state index is 0.333. The predicted octanol–water partition coefficient (Wildman–Crippen LogP) is 1.38.